The highest BCUT2D eigenvalue weighted by Gasteiger charge is 2.14. The van der Waals surface area contributed by atoms with Gasteiger partial charge in [0.2, 0.25) is 0 Å². The zero-order valence-electron chi connectivity index (χ0n) is 9.46. The first kappa shape index (κ1) is 11.7. The van der Waals surface area contributed by atoms with Crippen molar-refractivity contribution in [3.05, 3.63) is 11.6 Å². The second kappa shape index (κ2) is 6.20. The number of ether oxygens (including phenoxy) is 1. The molecule has 1 aliphatic heterocycles. The van der Waals surface area contributed by atoms with E-state index in [9.17, 15) is 0 Å². The van der Waals surface area contributed by atoms with E-state index in [0.29, 0.717) is 6.10 Å². The summed E-state index contributed by atoms with van der Waals surface area (Å²) in [6.45, 7) is 5.14. The van der Waals surface area contributed by atoms with E-state index >= 15 is 0 Å². The number of allylic oxidation sites excluding steroid dienone is 1. The molecule has 1 heterocycles. The van der Waals surface area contributed by atoms with Gasteiger partial charge in [0.25, 0.3) is 0 Å². The summed E-state index contributed by atoms with van der Waals surface area (Å²) >= 11 is 0. The number of hydrogen-bond acceptors (Lipinski definition) is 2. The molecule has 2 unspecified atom stereocenters. The highest BCUT2D eigenvalue weighted by atomic mass is 16.5. The fourth-order valence-electron chi connectivity index (χ4n) is 1.92. The molecule has 1 saturated heterocycles. The number of rotatable bonds is 4. The molecule has 2 N–H and O–H groups in total. The molecule has 0 spiro atoms. The van der Waals surface area contributed by atoms with Crippen LogP contribution >= 0.6 is 0 Å². The van der Waals surface area contributed by atoms with Gasteiger partial charge in [-0.05, 0) is 46.0 Å². The first-order chi connectivity index (χ1) is 6.68. The summed E-state index contributed by atoms with van der Waals surface area (Å²) in [5, 5.41) is 0. The van der Waals surface area contributed by atoms with Crippen LogP contribution in [0.15, 0.2) is 11.6 Å². The van der Waals surface area contributed by atoms with Crippen molar-refractivity contribution >= 4 is 0 Å². The van der Waals surface area contributed by atoms with E-state index in [2.05, 4.69) is 19.9 Å². The zero-order valence-corrected chi connectivity index (χ0v) is 9.46. The Morgan fingerprint density at radius 3 is 2.86 bits per heavy atom. The molecule has 1 rings (SSSR count). The van der Waals surface area contributed by atoms with Crippen molar-refractivity contribution in [3.8, 4) is 0 Å². The standard InChI is InChI=1S/C12H23NO/c1-10(2)9-11(13)6-7-12-5-3-4-8-14-12/h9,11-12H,3-8,13H2,1-2H3. The van der Waals surface area contributed by atoms with Crippen LogP contribution in [0.2, 0.25) is 0 Å². The molecule has 2 nitrogen and oxygen atoms in total. The van der Waals surface area contributed by atoms with E-state index < -0.39 is 0 Å². The molecule has 0 amide bonds. The summed E-state index contributed by atoms with van der Waals surface area (Å²) in [7, 11) is 0. The Morgan fingerprint density at radius 1 is 1.50 bits per heavy atom. The van der Waals surface area contributed by atoms with Crippen molar-refractivity contribution in [1.82, 2.24) is 0 Å². The minimum Gasteiger partial charge on any atom is -0.378 e. The largest absolute Gasteiger partial charge is 0.378 e. The minimum atomic E-state index is 0.213. The van der Waals surface area contributed by atoms with Crippen molar-refractivity contribution in [1.29, 1.82) is 0 Å². The normalized spacial score (nSPS) is 24.4. The maximum Gasteiger partial charge on any atom is 0.0575 e. The lowest BCUT2D eigenvalue weighted by Crippen LogP contribution is -2.24. The molecule has 0 aliphatic carbocycles. The van der Waals surface area contributed by atoms with Gasteiger partial charge in [-0.1, -0.05) is 11.6 Å². The van der Waals surface area contributed by atoms with E-state index in [1.807, 2.05) is 0 Å². The monoisotopic (exact) mass is 197 g/mol. The van der Waals surface area contributed by atoms with Gasteiger partial charge in [0, 0.05) is 12.6 Å². The van der Waals surface area contributed by atoms with E-state index in [1.165, 1.54) is 24.8 Å². The lowest BCUT2D eigenvalue weighted by atomic mass is 10.0. The summed E-state index contributed by atoms with van der Waals surface area (Å²) in [4.78, 5) is 0. The smallest absolute Gasteiger partial charge is 0.0575 e. The first-order valence-corrected chi connectivity index (χ1v) is 5.70. The zero-order chi connectivity index (χ0) is 10.4. The highest BCUT2D eigenvalue weighted by molar-refractivity contribution is 4.99. The maximum absolute atomic E-state index is 5.96. The van der Waals surface area contributed by atoms with Gasteiger partial charge in [0.1, 0.15) is 0 Å². The minimum absolute atomic E-state index is 0.213. The summed E-state index contributed by atoms with van der Waals surface area (Å²) in [6, 6.07) is 0.213. The van der Waals surface area contributed by atoms with Crippen molar-refractivity contribution < 1.29 is 4.74 Å². The quantitative estimate of drug-likeness (QED) is 0.703. The second-order valence-corrected chi connectivity index (χ2v) is 4.47. The van der Waals surface area contributed by atoms with Gasteiger partial charge < -0.3 is 10.5 Å². The van der Waals surface area contributed by atoms with Crippen molar-refractivity contribution in [2.24, 2.45) is 5.73 Å². The van der Waals surface area contributed by atoms with Crippen LogP contribution in [0.1, 0.15) is 46.0 Å². The van der Waals surface area contributed by atoms with Crippen LogP contribution in [-0.4, -0.2) is 18.8 Å². The molecule has 2 heteroatoms. The molecule has 0 bridgehead atoms. The molecular formula is C12H23NO. The predicted octanol–water partition coefficient (Wildman–Crippen LogP) is 2.63. The van der Waals surface area contributed by atoms with E-state index in [4.69, 9.17) is 10.5 Å². The van der Waals surface area contributed by atoms with Gasteiger partial charge >= 0.3 is 0 Å². The van der Waals surface area contributed by atoms with E-state index in [0.717, 1.165) is 19.4 Å². The van der Waals surface area contributed by atoms with Crippen molar-refractivity contribution in [2.45, 2.75) is 58.1 Å². The summed E-state index contributed by atoms with van der Waals surface area (Å²) in [5.74, 6) is 0. The second-order valence-electron chi connectivity index (χ2n) is 4.47. The molecule has 82 valence electrons. The van der Waals surface area contributed by atoms with Crippen molar-refractivity contribution in [2.75, 3.05) is 6.61 Å². The third-order valence-electron chi connectivity index (χ3n) is 2.64. The lowest BCUT2D eigenvalue weighted by molar-refractivity contribution is 0.00971. The Labute approximate surface area is 87.5 Å². The molecule has 0 aromatic rings. The van der Waals surface area contributed by atoms with Crippen LogP contribution in [-0.2, 0) is 4.74 Å². The van der Waals surface area contributed by atoms with Crippen LogP contribution < -0.4 is 5.73 Å². The maximum atomic E-state index is 5.96. The highest BCUT2D eigenvalue weighted by Crippen LogP contribution is 2.17. The molecular weight excluding hydrogens is 174 g/mol. The fraction of sp³-hybridized carbons (Fsp3) is 0.833. The van der Waals surface area contributed by atoms with Gasteiger partial charge in [0.15, 0.2) is 0 Å². The molecule has 1 fully saturated rings. The Balaban J connectivity index is 2.15. The Hall–Kier alpha value is -0.340. The third kappa shape index (κ3) is 4.77. The molecule has 0 saturated carbocycles. The average molecular weight is 197 g/mol. The van der Waals surface area contributed by atoms with E-state index in [-0.39, 0.29) is 6.04 Å². The van der Waals surface area contributed by atoms with Gasteiger partial charge in [0.05, 0.1) is 6.10 Å². The molecule has 0 aromatic heterocycles. The SMILES string of the molecule is CC(C)=CC(N)CCC1CCCCO1. The molecule has 0 radical (unpaired) electrons. The summed E-state index contributed by atoms with van der Waals surface area (Å²) in [5.41, 5.74) is 7.27. The number of hydrogen-bond donors (Lipinski definition) is 1. The molecule has 0 aromatic carbocycles. The van der Waals surface area contributed by atoms with Crippen LogP contribution in [0.4, 0.5) is 0 Å². The topological polar surface area (TPSA) is 35.2 Å². The lowest BCUT2D eigenvalue weighted by Gasteiger charge is -2.23. The Kier molecular flexibility index (Phi) is 5.20. The fourth-order valence-corrected chi connectivity index (χ4v) is 1.92. The predicted molar refractivity (Wildman–Crippen MR) is 60.2 cm³/mol. The molecule has 2 atom stereocenters. The van der Waals surface area contributed by atoms with Gasteiger partial charge in [-0.3, -0.25) is 0 Å². The summed E-state index contributed by atoms with van der Waals surface area (Å²) < 4.78 is 5.66. The first-order valence-electron chi connectivity index (χ1n) is 5.70. The van der Waals surface area contributed by atoms with Crippen LogP contribution in [0.5, 0.6) is 0 Å². The molecule has 1 aliphatic rings. The Bertz CT molecular complexity index is 179. The van der Waals surface area contributed by atoms with Gasteiger partial charge in [-0.2, -0.15) is 0 Å². The summed E-state index contributed by atoms with van der Waals surface area (Å²) in [6.07, 6.45) is 8.56. The van der Waals surface area contributed by atoms with Crippen LogP contribution in [0.25, 0.3) is 0 Å². The van der Waals surface area contributed by atoms with Gasteiger partial charge in [-0.25, -0.2) is 0 Å². The number of nitrogens with two attached hydrogens (primary N) is 1. The van der Waals surface area contributed by atoms with Gasteiger partial charge in [-0.15, -0.1) is 0 Å². The third-order valence-corrected chi connectivity index (χ3v) is 2.64. The van der Waals surface area contributed by atoms with Crippen LogP contribution in [0.3, 0.4) is 0 Å². The molecule has 14 heavy (non-hydrogen) atoms. The van der Waals surface area contributed by atoms with Crippen molar-refractivity contribution in [3.63, 3.8) is 0 Å². The van der Waals surface area contributed by atoms with E-state index in [1.54, 1.807) is 0 Å². The van der Waals surface area contributed by atoms with Crippen LogP contribution in [0, 0.1) is 0 Å². The average Bonchev–Trinajstić information content (AvgIpc) is 2.15. The Morgan fingerprint density at radius 2 is 2.29 bits per heavy atom.